The third-order valence-electron chi connectivity index (χ3n) is 8.06. The van der Waals surface area contributed by atoms with Crippen LogP contribution in [0.4, 0.5) is 4.79 Å². The summed E-state index contributed by atoms with van der Waals surface area (Å²) in [6.45, 7) is 8.89. The molecule has 2 fully saturated rings. The highest BCUT2D eigenvalue weighted by molar-refractivity contribution is 7.17. The summed E-state index contributed by atoms with van der Waals surface area (Å²) in [5.41, 5.74) is 3.12. The maximum absolute atomic E-state index is 12.3. The number of fused-ring (bicyclic) bond motifs is 1. The minimum atomic E-state index is -0.478. The molecule has 1 amide bonds. The average molecular weight is 577 g/mol. The highest BCUT2D eigenvalue weighted by atomic mass is 32.1. The highest BCUT2D eigenvalue weighted by Gasteiger charge is 2.30. The molecule has 218 valence electrons. The van der Waals surface area contributed by atoms with Crippen LogP contribution < -0.4 is 9.47 Å². The number of amides is 1. The largest absolute Gasteiger partial charge is 0.493 e. The molecule has 1 aliphatic carbocycles. The Morgan fingerprint density at radius 2 is 1.83 bits per heavy atom. The fourth-order valence-corrected chi connectivity index (χ4v) is 6.39. The molecular formula is C32H40N4O4S. The Kier molecular flexibility index (Phi) is 7.72. The van der Waals surface area contributed by atoms with Gasteiger partial charge in [-0.3, -0.25) is 0 Å². The predicted molar refractivity (Wildman–Crippen MR) is 162 cm³/mol. The van der Waals surface area contributed by atoms with Crippen molar-refractivity contribution in [3.05, 3.63) is 53.7 Å². The number of rotatable bonds is 9. The molecular weight excluding hydrogens is 536 g/mol. The molecule has 2 aliphatic rings. The standard InChI is InChI=1S/C32H40N4O4S/c1-32(2,3)40-31(37)36-14-12-22(19-36)21-39-25-10-8-24(9-11-25)38-16-15-35-20-26(23-6-5-7-23)33-30(35)28-18-29-27(34(28)4)13-17-41-29/h8-11,13,17-18,20,22-23H,5-7,12,14-16,19,21H2,1-4H3/t22-/m0/s1. The van der Waals surface area contributed by atoms with Crippen LogP contribution in [0, 0.1) is 5.92 Å². The third kappa shape index (κ3) is 6.25. The lowest BCUT2D eigenvalue weighted by atomic mass is 9.83. The number of nitrogens with zero attached hydrogens (tertiary/aromatic N) is 4. The summed E-state index contributed by atoms with van der Waals surface area (Å²) in [5.74, 6) is 3.51. The number of thiophene rings is 1. The van der Waals surface area contributed by atoms with Gasteiger partial charge in [0.15, 0.2) is 5.82 Å². The van der Waals surface area contributed by atoms with Gasteiger partial charge in [-0.25, -0.2) is 9.78 Å². The third-order valence-corrected chi connectivity index (χ3v) is 8.91. The zero-order valence-corrected chi connectivity index (χ0v) is 25.3. The van der Waals surface area contributed by atoms with Crippen LogP contribution in [0.25, 0.3) is 21.7 Å². The minimum absolute atomic E-state index is 0.243. The molecule has 3 aromatic heterocycles. The second-order valence-electron chi connectivity index (χ2n) is 12.3. The van der Waals surface area contributed by atoms with Crippen LogP contribution in [0.15, 0.2) is 48.0 Å². The minimum Gasteiger partial charge on any atom is -0.493 e. The number of aromatic nitrogens is 3. The summed E-state index contributed by atoms with van der Waals surface area (Å²) >= 11 is 1.77. The lowest BCUT2D eigenvalue weighted by molar-refractivity contribution is 0.0284. The van der Waals surface area contributed by atoms with Crippen LogP contribution in [0.1, 0.15) is 58.1 Å². The van der Waals surface area contributed by atoms with Crippen LogP contribution >= 0.6 is 11.3 Å². The Balaban J connectivity index is 1.02. The van der Waals surface area contributed by atoms with Crippen molar-refractivity contribution in [2.75, 3.05) is 26.3 Å². The van der Waals surface area contributed by atoms with E-state index in [9.17, 15) is 4.79 Å². The van der Waals surface area contributed by atoms with E-state index in [2.05, 4.69) is 39.9 Å². The summed E-state index contributed by atoms with van der Waals surface area (Å²) in [4.78, 5) is 19.2. The summed E-state index contributed by atoms with van der Waals surface area (Å²) in [6, 6.07) is 12.2. The fraction of sp³-hybridized carbons (Fsp3) is 0.500. The normalized spacial score (nSPS) is 17.7. The lowest BCUT2D eigenvalue weighted by Crippen LogP contribution is -2.35. The molecule has 0 unspecified atom stereocenters. The number of benzene rings is 1. The van der Waals surface area contributed by atoms with Crippen LogP contribution in [-0.4, -0.2) is 57.0 Å². The molecule has 6 rings (SSSR count). The van der Waals surface area contributed by atoms with Crippen LogP contribution in [0.3, 0.4) is 0 Å². The Morgan fingerprint density at radius 3 is 2.51 bits per heavy atom. The van der Waals surface area contributed by atoms with E-state index in [1.807, 2.05) is 45.0 Å². The molecule has 1 atom stereocenters. The molecule has 0 bridgehead atoms. The highest BCUT2D eigenvalue weighted by Crippen LogP contribution is 2.38. The van der Waals surface area contributed by atoms with Crippen molar-refractivity contribution in [3.63, 3.8) is 0 Å². The number of carbonyl (C=O) groups excluding carboxylic acids is 1. The summed E-state index contributed by atoms with van der Waals surface area (Å²) in [7, 11) is 2.12. The van der Waals surface area contributed by atoms with Gasteiger partial charge in [0.05, 0.1) is 34.8 Å². The number of likely N-dealkylation sites (tertiary alicyclic amines) is 1. The second kappa shape index (κ2) is 11.4. The van der Waals surface area contributed by atoms with Crippen molar-refractivity contribution >= 4 is 27.6 Å². The van der Waals surface area contributed by atoms with E-state index in [4.69, 9.17) is 19.2 Å². The van der Waals surface area contributed by atoms with E-state index in [0.29, 0.717) is 38.1 Å². The Hall–Kier alpha value is -3.46. The van der Waals surface area contributed by atoms with Gasteiger partial charge in [0.25, 0.3) is 0 Å². The first kappa shape index (κ1) is 27.7. The average Bonchev–Trinajstić information content (AvgIpc) is 3.68. The van der Waals surface area contributed by atoms with Crippen molar-refractivity contribution in [1.29, 1.82) is 0 Å². The zero-order valence-electron chi connectivity index (χ0n) is 24.5. The van der Waals surface area contributed by atoms with Gasteiger partial charge < -0.3 is 28.2 Å². The van der Waals surface area contributed by atoms with Gasteiger partial charge in [0.2, 0.25) is 0 Å². The second-order valence-corrected chi connectivity index (χ2v) is 13.2. The Bertz CT molecular complexity index is 1490. The van der Waals surface area contributed by atoms with Crippen molar-refractivity contribution in [2.45, 2.75) is 64.5 Å². The van der Waals surface area contributed by atoms with Crippen molar-refractivity contribution in [2.24, 2.45) is 13.0 Å². The van der Waals surface area contributed by atoms with Gasteiger partial charge in [-0.15, -0.1) is 11.3 Å². The Labute approximate surface area is 245 Å². The van der Waals surface area contributed by atoms with E-state index >= 15 is 0 Å². The number of aryl methyl sites for hydroxylation is 1. The van der Waals surface area contributed by atoms with Gasteiger partial charge in [0.1, 0.15) is 23.7 Å². The molecule has 0 N–H and O–H groups in total. The van der Waals surface area contributed by atoms with E-state index in [0.717, 1.165) is 36.0 Å². The topological polar surface area (TPSA) is 70.8 Å². The summed E-state index contributed by atoms with van der Waals surface area (Å²) < 4.78 is 23.4. The van der Waals surface area contributed by atoms with E-state index < -0.39 is 5.60 Å². The molecule has 1 aliphatic heterocycles. The number of hydrogen-bond donors (Lipinski definition) is 0. The number of ether oxygens (including phenoxy) is 3. The van der Waals surface area contributed by atoms with Crippen molar-refractivity contribution in [3.8, 4) is 23.0 Å². The van der Waals surface area contributed by atoms with Gasteiger partial charge >= 0.3 is 6.09 Å². The van der Waals surface area contributed by atoms with E-state index in [1.54, 1.807) is 16.2 Å². The predicted octanol–water partition coefficient (Wildman–Crippen LogP) is 7.09. The molecule has 1 aromatic carbocycles. The maximum atomic E-state index is 12.3. The molecule has 41 heavy (non-hydrogen) atoms. The van der Waals surface area contributed by atoms with E-state index in [1.165, 1.54) is 35.2 Å². The molecule has 0 radical (unpaired) electrons. The molecule has 4 heterocycles. The summed E-state index contributed by atoms with van der Waals surface area (Å²) in [5, 5.41) is 2.14. The van der Waals surface area contributed by atoms with Crippen LogP contribution in [0.2, 0.25) is 0 Å². The number of carbonyl (C=O) groups is 1. The van der Waals surface area contributed by atoms with Gasteiger partial charge in [0, 0.05) is 38.2 Å². The fourth-order valence-electron chi connectivity index (χ4n) is 5.55. The van der Waals surface area contributed by atoms with Crippen molar-refractivity contribution in [1.82, 2.24) is 19.0 Å². The number of hydrogen-bond acceptors (Lipinski definition) is 6. The Morgan fingerprint density at radius 1 is 1.07 bits per heavy atom. The van der Waals surface area contributed by atoms with Gasteiger partial charge in [-0.05, 0) is 81.8 Å². The SMILES string of the molecule is Cn1c(-c2nc(C3CCC3)cn2CCOc2ccc(OC[C@H]3CCN(C(=O)OC(C)(C)C)C3)cc2)cc2sccc21. The molecule has 1 saturated heterocycles. The van der Waals surface area contributed by atoms with Gasteiger partial charge in [-0.2, -0.15) is 0 Å². The van der Waals surface area contributed by atoms with Gasteiger partial charge in [-0.1, -0.05) is 6.42 Å². The molecule has 4 aromatic rings. The van der Waals surface area contributed by atoms with Crippen molar-refractivity contribution < 1.29 is 19.0 Å². The summed E-state index contributed by atoms with van der Waals surface area (Å²) in [6.07, 6.45) is 6.65. The smallest absolute Gasteiger partial charge is 0.410 e. The molecule has 1 saturated carbocycles. The quantitative estimate of drug-likeness (QED) is 0.213. The first-order valence-electron chi connectivity index (χ1n) is 14.7. The number of imidazole rings is 1. The maximum Gasteiger partial charge on any atom is 0.410 e. The van der Waals surface area contributed by atoms with Crippen LogP contribution in [-0.2, 0) is 18.3 Å². The van der Waals surface area contributed by atoms with E-state index in [-0.39, 0.29) is 6.09 Å². The molecule has 8 nitrogen and oxygen atoms in total. The van der Waals surface area contributed by atoms with Crippen LogP contribution in [0.5, 0.6) is 11.5 Å². The monoisotopic (exact) mass is 576 g/mol. The first-order chi connectivity index (χ1) is 19.7. The first-order valence-corrected chi connectivity index (χ1v) is 15.6. The molecule has 9 heteroatoms. The zero-order chi connectivity index (χ0) is 28.6. The lowest BCUT2D eigenvalue weighted by Gasteiger charge is -2.24. The molecule has 0 spiro atoms.